The molecule has 0 spiro atoms. The van der Waals surface area contributed by atoms with Gasteiger partial charge >= 0.3 is 0 Å². The first-order valence-corrected chi connectivity index (χ1v) is 9.35. The van der Waals surface area contributed by atoms with Gasteiger partial charge in [-0.1, -0.05) is 18.2 Å². The second-order valence-corrected chi connectivity index (χ2v) is 6.90. The van der Waals surface area contributed by atoms with E-state index in [4.69, 9.17) is 9.84 Å². The van der Waals surface area contributed by atoms with Crippen molar-refractivity contribution in [3.8, 4) is 16.9 Å². The third kappa shape index (κ3) is 4.42. The monoisotopic (exact) mass is 363 g/mol. The van der Waals surface area contributed by atoms with Crippen LogP contribution in [0.5, 0.6) is 0 Å². The molecule has 1 saturated heterocycles. The lowest BCUT2D eigenvalue weighted by molar-refractivity contribution is -0.0182. The fourth-order valence-corrected chi connectivity index (χ4v) is 3.36. The Morgan fingerprint density at radius 2 is 1.96 bits per heavy atom. The molecule has 0 radical (unpaired) electrons. The van der Waals surface area contributed by atoms with Gasteiger partial charge in [-0.05, 0) is 31.3 Å². The quantitative estimate of drug-likeness (QED) is 0.729. The van der Waals surface area contributed by atoms with Gasteiger partial charge in [-0.25, -0.2) is 4.68 Å². The number of benzene rings is 1. The first kappa shape index (κ1) is 17.9. The van der Waals surface area contributed by atoms with E-state index in [0.717, 1.165) is 55.3 Å². The van der Waals surface area contributed by atoms with Crippen molar-refractivity contribution in [2.45, 2.75) is 12.6 Å². The zero-order valence-corrected chi connectivity index (χ0v) is 15.6. The van der Waals surface area contributed by atoms with E-state index in [9.17, 15) is 0 Å². The first-order chi connectivity index (χ1) is 13.3. The summed E-state index contributed by atoms with van der Waals surface area (Å²) in [4.78, 5) is 6.44. The molecule has 0 aliphatic carbocycles. The van der Waals surface area contributed by atoms with Crippen LogP contribution in [0.3, 0.4) is 0 Å². The molecule has 3 heterocycles. The van der Waals surface area contributed by atoms with Crippen LogP contribution in [0.25, 0.3) is 16.9 Å². The molecule has 4 rings (SSSR count). The standard InChI is InChI=1S/C21H25N5O/c1-25-11-12-27-20(16-25)14-23-13-18-15-26(19-5-3-2-4-6-19)24-21(18)17-7-9-22-10-8-17/h2-10,15,20,23H,11-14,16H2,1H3. The molecule has 0 bridgehead atoms. The van der Waals surface area contributed by atoms with Crippen LogP contribution in [0.2, 0.25) is 0 Å². The highest BCUT2D eigenvalue weighted by Crippen LogP contribution is 2.23. The van der Waals surface area contributed by atoms with E-state index in [1.807, 2.05) is 35.0 Å². The molecule has 0 saturated carbocycles. The number of hydrogen-bond donors (Lipinski definition) is 1. The van der Waals surface area contributed by atoms with Gasteiger partial charge in [0, 0.05) is 55.9 Å². The molecule has 1 aliphatic heterocycles. The molecule has 6 nitrogen and oxygen atoms in total. The van der Waals surface area contributed by atoms with E-state index in [1.165, 1.54) is 0 Å². The highest BCUT2D eigenvalue weighted by Gasteiger charge is 2.18. The van der Waals surface area contributed by atoms with Crippen LogP contribution in [-0.4, -0.2) is 59.1 Å². The maximum Gasteiger partial charge on any atom is 0.0973 e. The van der Waals surface area contributed by atoms with Gasteiger partial charge in [-0.3, -0.25) is 4.98 Å². The van der Waals surface area contributed by atoms with Gasteiger partial charge in [0.25, 0.3) is 0 Å². The molecule has 1 aliphatic rings. The lowest BCUT2D eigenvalue weighted by atomic mass is 10.1. The molecule has 1 unspecified atom stereocenters. The molecular weight excluding hydrogens is 338 g/mol. The lowest BCUT2D eigenvalue weighted by Crippen LogP contribution is -2.44. The second kappa shape index (κ2) is 8.43. The molecule has 1 aromatic carbocycles. The van der Waals surface area contributed by atoms with Crippen LogP contribution in [-0.2, 0) is 11.3 Å². The van der Waals surface area contributed by atoms with Gasteiger partial charge in [0.1, 0.15) is 0 Å². The van der Waals surface area contributed by atoms with Gasteiger partial charge in [0.2, 0.25) is 0 Å². The summed E-state index contributed by atoms with van der Waals surface area (Å²) in [6, 6.07) is 14.2. The molecule has 1 fully saturated rings. The molecule has 2 aromatic heterocycles. The lowest BCUT2D eigenvalue weighted by Gasteiger charge is -2.30. The Bertz CT molecular complexity index is 850. The van der Waals surface area contributed by atoms with E-state index in [0.29, 0.717) is 0 Å². The van der Waals surface area contributed by atoms with Crippen molar-refractivity contribution >= 4 is 0 Å². The minimum Gasteiger partial charge on any atom is -0.374 e. The minimum atomic E-state index is 0.234. The predicted octanol–water partition coefficient (Wildman–Crippen LogP) is 2.35. The highest BCUT2D eigenvalue weighted by molar-refractivity contribution is 5.62. The minimum absolute atomic E-state index is 0.234. The summed E-state index contributed by atoms with van der Waals surface area (Å²) in [5, 5.41) is 8.38. The molecule has 6 heteroatoms. The van der Waals surface area contributed by atoms with Crippen LogP contribution in [0.4, 0.5) is 0 Å². The number of rotatable bonds is 6. The molecule has 27 heavy (non-hydrogen) atoms. The molecule has 1 atom stereocenters. The Morgan fingerprint density at radius 3 is 2.74 bits per heavy atom. The Morgan fingerprint density at radius 1 is 1.15 bits per heavy atom. The number of morpholine rings is 1. The van der Waals surface area contributed by atoms with E-state index in [-0.39, 0.29) is 6.10 Å². The smallest absolute Gasteiger partial charge is 0.0973 e. The Hall–Kier alpha value is -2.54. The zero-order valence-electron chi connectivity index (χ0n) is 15.6. The van der Waals surface area contributed by atoms with Crippen molar-refractivity contribution in [2.24, 2.45) is 0 Å². The molecule has 140 valence electrons. The number of nitrogens with one attached hydrogen (secondary N) is 1. The fraction of sp³-hybridized carbons (Fsp3) is 0.333. The van der Waals surface area contributed by atoms with E-state index >= 15 is 0 Å². The molecular formula is C21H25N5O. The predicted molar refractivity (Wildman–Crippen MR) is 106 cm³/mol. The largest absolute Gasteiger partial charge is 0.374 e. The highest BCUT2D eigenvalue weighted by atomic mass is 16.5. The van der Waals surface area contributed by atoms with Gasteiger partial charge < -0.3 is 15.0 Å². The summed E-state index contributed by atoms with van der Waals surface area (Å²) in [5.41, 5.74) is 4.27. The maximum atomic E-state index is 5.84. The van der Waals surface area contributed by atoms with Crippen molar-refractivity contribution < 1.29 is 4.74 Å². The summed E-state index contributed by atoms with van der Waals surface area (Å²) in [6.07, 6.45) is 5.95. The van der Waals surface area contributed by atoms with Crippen LogP contribution < -0.4 is 5.32 Å². The third-order valence-corrected chi connectivity index (χ3v) is 4.79. The van der Waals surface area contributed by atoms with Crippen molar-refractivity contribution in [1.82, 2.24) is 25.0 Å². The van der Waals surface area contributed by atoms with Crippen molar-refractivity contribution in [3.05, 3.63) is 66.6 Å². The summed E-state index contributed by atoms with van der Waals surface area (Å²) < 4.78 is 7.78. The molecule has 1 N–H and O–H groups in total. The number of nitrogens with zero attached hydrogens (tertiary/aromatic N) is 4. The average molecular weight is 363 g/mol. The number of likely N-dealkylation sites (N-methyl/N-ethyl adjacent to an activating group) is 1. The summed E-state index contributed by atoms with van der Waals surface area (Å²) in [6.45, 7) is 4.35. The van der Waals surface area contributed by atoms with E-state index in [1.54, 1.807) is 12.4 Å². The average Bonchev–Trinajstić information content (AvgIpc) is 3.14. The summed E-state index contributed by atoms with van der Waals surface area (Å²) in [5.74, 6) is 0. The SMILES string of the molecule is CN1CCOC(CNCc2cn(-c3ccccc3)nc2-c2ccncc2)C1. The summed E-state index contributed by atoms with van der Waals surface area (Å²) in [7, 11) is 2.14. The fourth-order valence-electron chi connectivity index (χ4n) is 3.36. The second-order valence-electron chi connectivity index (χ2n) is 6.90. The Labute approximate surface area is 159 Å². The van der Waals surface area contributed by atoms with Gasteiger partial charge in [0.15, 0.2) is 0 Å². The van der Waals surface area contributed by atoms with Crippen molar-refractivity contribution in [1.29, 1.82) is 0 Å². The Balaban J connectivity index is 1.52. The number of aromatic nitrogens is 3. The topological polar surface area (TPSA) is 55.2 Å². The van der Waals surface area contributed by atoms with Crippen LogP contribution in [0, 0.1) is 0 Å². The van der Waals surface area contributed by atoms with Crippen molar-refractivity contribution in [2.75, 3.05) is 33.3 Å². The third-order valence-electron chi connectivity index (χ3n) is 4.79. The maximum absolute atomic E-state index is 5.84. The number of ether oxygens (including phenoxy) is 1. The summed E-state index contributed by atoms with van der Waals surface area (Å²) >= 11 is 0. The number of hydrogen-bond acceptors (Lipinski definition) is 5. The normalized spacial score (nSPS) is 17.9. The van der Waals surface area contributed by atoms with Gasteiger partial charge in [0.05, 0.1) is 24.1 Å². The molecule has 3 aromatic rings. The van der Waals surface area contributed by atoms with Gasteiger partial charge in [-0.2, -0.15) is 5.10 Å². The number of para-hydroxylation sites is 1. The van der Waals surface area contributed by atoms with Crippen molar-refractivity contribution in [3.63, 3.8) is 0 Å². The van der Waals surface area contributed by atoms with E-state index in [2.05, 4.69) is 40.6 Å². The van der Waals surface area contributed by atoms with Crippen LogP contribution in [0.15, 0.2) is 61.1 Å². The number of pyridine rings is 1. The zero-order chi connectivity index (χ0) is 18.5. The first-order valence-electron chi connectivity index (χ1n) is 9.35. The van der Waals surface area contributed by atoms with Gasteiger partial charge in [-0.15, -0.1) is 0 Å². The Kier molecular flexibility index (Phi) is 5.58. The van der Waals surface area contributed by atoms with Crippen LogP contribution in [0.1, 0.15) is 5.56 Å². The van der Waals surface area contributed by atoms with E-state index < -0.39 is 0 Å². The molecule has 0 amide bonds. The van der Waals surface area contributed by atoms with Crippen LogP contribution >= 0.6 is 0 Å².